The molecule has 3 atom stereocenters. The SMILES string of the molecule is CCNC(c1cc(OC)cs1)C1CCOC2(CCOC2)C1. The molecule has 2 fully saturated rings. The molecule has 0 aliphatic carbocycles. The Morgan fingerprint density at radius 2 is 2.43 bits per heavy atom. The lowest BCUT2D eigenvalue weighted by Crippen LogP contribution is -2.44. The van der Waals surface area contributed by atoms with E-state index in [1.165, 1.54) is 4.88 Å². The summed E-state index contributed by atoms with van der Waals surface area (Å²) in [7, 11) is 1.73. The molecule has 0 amide bonds. The fourth-order valence-electron chi connectivity index (χ4n) is 3.54. The quantitative estimate of drug-likeness (QED) is 0.907. The van der Waals surface area contributed by atoms with Crippen molar-refractivity contribution >= 4 is 11.3 Å². The predicted molar refractivity (Wildman–Crippen MR) is 84.1 cm³/mol. The molecule has 2 aliphatic heterocycles. The van der Waals surface area contributed by atoms with Gasteiger partial charge in [0.1, 0.15) is 5.75 Å². The minimum atomic E-state index is -0.0298. The first-order valence-electron chi connectivity index (χ1n) is 7.84. The molecule has 0 saturated carbocycles. The van der Waals surface area contributed by atoms with Gasteiger partial charge in [-0.15, -0.1) is 11.3 Å². The Kier molecular flexibility index (Phi) is 4.84. The van der Waals surface area contributed by atoms with Crippen molar-refractivity contribution in [2.75, 3.05) is 33.5 Å². The highest BCUT2D eigenvalue weighted by atomic mass is 32.1. The van der Waals surface area contributed by atoms with Crippen LogP contribution in [0.2, 0.25) is 0 Å². The van der Waals surface area contributed by atoms with Crippen molar-refractivity contribution in [3.05, 3.63) is 16.3 Å². The summed E-state index contributed by atoms with van der Waals surface area (Å²) < 4.78 is 17.0. The predicted octanol–water partition coefficient (Wildman–Crippen LogP) is 2.99. The molecular formula is C16H25NO3S. The summed E-state index contributed by atoms with van der Waals surface area (Å²) in [5, 5.41) is 5.76. The lowest BCUT2D eigenvalue weighted by molar-refractivity contribution is -0.103. The molecule has 118 valence electrons. The van der Waals surface area contributed by atoms with Gasteiger partial charge in [-0.05, 0) is 31.4 Å². The van der Waals surface area contributed by atoms with Crippen LogP contribution in [0.15, 0.2) is 11.4 Å². The van der Waals surface area contributed by atoms with Crippen molar-refractivity contribution in [3.8, 4) is 5.75 Å². The van der Waals surface area contributed by atoms with Gasteiger partial charge < -0.3 is 19.5 Å². The van der Waals surface area contributed by atoms with Crippen LogP contribution in [0, 0.1) is 5.92 Å². The fraction of sp³-hybridized carbons (Fsp3) is 0.750. The minimum Gasteiger partial charge on any atom is -0.496 e. The van der Waals surface area contributed by atoms with Gasteiger partial charge >= 0.3 is 0 Å². The molecule has 5 heteroatoms. The summed E-state index contributed by atoms with van der Waals surface area (Å²) in [4.78, 5) is 1.37. The number of thiophene rings is 1. The Labute approximate surface area is 130 Å². The maximum Gasteiger partial charge on any atom is 0.129 e. The standard InChI is InChI=1S/C16H25NO3S/c1-3-17-15(14-8-13(18-2)10-21-14)12-4-6-20-16(9-12)5-7-19-11-16/h8,10,12,15,17H,3-7,9,11H2,1-2H3. The van der Waals surface area contributed by atoms with Crippen LogP contribution in [-0.2, 0) is 9.47 Å². The van der Waals surface area contributed by atoms with E-state index in [1.807, 2.05) is 0 Å². The smallest absolute Gasteiger partial charge is 0.129 e. The molecule has 0 radical (unpaired) electrons. The summed E-state index contributed by atoms with van der Waals surface area (Å²) in [6.45, 7) is 5.59. The Balaban J connectivity index is 1.76. The van der Waals surface area contributed by atoms with E-state index in [0.29, 0.717) is 12.0 Å². The number of ether oxygens (including phenoxy) is 3. The first kappa shape index (κ1) is 15.3. The minimum absolute atomic E-state index is 0.0298. The van der Waals surface area contributed by atoms with Gasteiger partial charge in [0.25, 0.3) is 0 Å². The third-order valence-electron chi connectivity index (χ3n) is 4.63. The normalized spacial score (nSPS) is 30.7. The molecule has 0 bridgehead atoms. The van der Waals surface area contributed by atoms with Gasteiger partial charge in [-0.3, -0.25) is 0 Å². The van der Waals surface area contributed by atoms with Crippen LogP contribution >= 0.6 is 11.3 Å². The Bertz CT molecular complexity index is 456. The van der Waals surface area contributed by atoms with Gasteiger partial charge in [0.2, 0.25) is 0 Å². The zero-order valence-electron chi connectivity index (χ0n) is 12.9. The number of methoxy groups -OCH3 is 1. The summed E-state index contributed by atoms with van der Waals surface area (Å²) in [6.07, 6.45) is 3.24. The van der Waals surface area contributed by atoms with Gasteiger partial charge in [0, 0.05) is 35.9 Å². The molecule has 3 heterocycles. The number of hydrogen-bond acceptors (Lipinski definition) is 5. The molecular weight excluding hydrogens is 286 g/mol. The molecule has 2 aliphatic rings. The van der Waals surface area contributed by atoms with E-state index in [9.17, 15) is 0 Å². The largest absolute Gasteiger partial charge is 0.496 e. The molecule has 4 nitrogen and oxygen atoms in total. The molecule has 3 unspecified atom stereocenters. The first-order chi connectivity index (χ1) is 10.3. The van der Waals surface area contributed by atoms with E-state index in [-0.39, 0.29) is 5.60 Å². The molecule has 1 aromatic rings. The highest BCUT2D eigenvalue weighted by Gasteiger charge is 2.43. The van der Waals surface area contributed by atoms with Crippen LogP contribution in [0.1, 0.15) is 37.1 Å². The van der Waals surface area contributed by atoms with Crippen LogP contribution < -0.4 is 10.1 Å². The van der Waals surface area contributed by atoms with Crippen molar-refractivity contribution in [2.45, 2.75) is 37.8 Å². The molecule has 3 rings (SSSR count). The van der Waals surface area contributed by atoms with E-state index in [4.69, 9.17) is 14.2 Å². The van der Waals surface area contributed by atoms with Crippen LogP contribution in [0.3, 0.4) is 0 Å². The number of hydrogen-bond donors (Lipinski definition) is 1. The molecule has 1 N–H and O–H groups in total. The summed E-state index contributed by atoms with van der Waals surface area (Å²) in [5.41, 5.74) is -0.0298. The first-order valence-corrected chi connectivity index (χ1v) is 8.72. The third-order valence-corrected chi connectivity index (χ3v) is 5.63. The maximum atomic E-state index is 6.07. The van der Waals surface area contributed by atoms with Crippen molar-refractivity contribution in [2.24, 2.45) is 5.92 Å². The summed E-state index contributed by atoms with van der Waals surface area (Å²) in [6, 6.07) is 2.57. The van der Waals surface area contributed by atoms with Gasteiger partial charge in [0.15, 0.2) is 0 Å². The number of nitrogens with one attached hydrogen (secondary N) is 1. The van der Waals surface area contributed by atoms with Crippen molar-refractivity contribution < 1.29 is 14.2 Å². The van der Waals surface area contributed by atoms with Crippen molar-refractivity contribution in [3.63, 3.8) is 0 Å². The second kappa shape index (κ2) is 6.65. The molecule has 0 aromatic carbocycles. The maximum absolute atomic E-state index is 6.07. The van der Waals surface area contributed by atoms with Crippen LogP contribution in [0.25, 0.3) is 0 Å². The van der Waals surface area contributed by atoms with Crippen LogP contribution in [0.5, 0.6) is 5.75 Å². The van der Waals surface area contributed by atoms with E-state index in [1.54, 1.807) is 18.4 Å². The summed E-state index contributed by atoms with van der Waals surface area (Å²) in [5.74, 6) is 1.56. The average Bonchev–Trinajstić information content (AvgIpc) is 3.14. The zero-order valence-corrected chi connectivity index (χ0v) is 13.7. The average molecular weight is 311 g/mol. The van der Waals surface area contributed by atoms with Crippen LogP contribution in [0.4, 0.5) is 0 Å². The monoisotopic (exact) mass is 311 g/mol. The van der Waals surface area contributed by atoms with E-state index < -0.39 is 0 Å². The second-order valence-corrected chi connectivity index (χ2v) is 6.95. The highest BCUT2D eigenvalue weighted by molar-refractivity contribution is 7.10. The number of rotatable bonds is 5. The van der Waals surface area contributed by atoms with E-state index in [2.05, 4.69) is 23.7 Å². The van der Waals surface area contributed by atoms with Gasteiger partial charge in [-0.25, -0.2) is 0 Å². The van der Waals surface area contributed by atoms with Crippen molar-refractivity contribution in [1.29, 1.82) is 0 Å². The highest BCUT2D eigenvalue weighted by Crippen LogP contribution is 2.42. The molecule has 1 spiro atoms. The summed E-state index contributed by atoms with van der Waals surface area (Å²) >= 11 is 1.79. The zero-order chi connectivity index (χ0) is 14.7. The molecule has 1 aromatic heterocycles. The van der Waals surface area contributed by atoms with E-state index >= 15 is 0 Å². The van der Waals surface area contributed by atoms with E-state index in [0.717, 1.165) is 51.4 Å². The molecule has 21 heavy (non-hydrogen) atoms. The second-order valence-electron chi connectivity index (χ2n) is 6.01. The topological polar surface area (TPSA) is 39.7 Å². The Morgan fingerprint density at radius 3 is 3.10 bits per heavy atom. The lowest BCUT2D eigenvalue weighted by Gasteiger charge is -2.40. The van der Waals surface area contributed by atoms with Crippen molar-refractivity contribution in [1.82, 2.24) is 5.32 Å². The Hall–Kier alpha value is -0.620. The van der Waals surface area contributed by atoms with Gasteiger partial charge in [-0.2, -0.15) is 0 Å². The van der Waals surface area contributed by atoms with Crippen LogP contribution in [-0.4, -0.2) is 39.1 Å². The van der Waals surface area contributed by atoms with Gasteiger partial charge in [-0.1, -0.05) is 6.92 Å². The fourth-order valence-corrected chi connectivity index (χ4v) is 4.56. The molecule has 2 saturated heterocycles. The Morgan fingerprint density at radius 1 is 1.52 bits per heavy atom. The lowest BCUT2D eigenvalue weighted by atomic mass is 9.80. The van der Waals surface area contributed by atoms with Gasteiger partial charge in [0.05, 0.1) is 19.3 Å². The third kappa shape index (κ3) is 3.26.